The third-order valence-electron chi connectivity index (χ3n) is 3.11. The molecule has 20 heavy (non-hydrogen) atoms. The zero-order chi connectivity index (χ0) is 14.5. The number of aryl methyl sites for hydroxylation is 1. The number of rotatable bonds is 7. The summed E-state index contributed by atoms with van der Waals surface area (Å²) in [5, 5.41) is 16.0. The predicted molar refractivity (Wildman–Crippen MR) is 79.7 cm³/mol. The molecule has 0 saturated heterocycles. The normalized spacial score (nSPS) is 13.1. The lowest BCUT2D eigenvalue weighted by Gasteiger charge is -2.17. The van der Waals surface area contributed by atoms with Crippen LogP contribution in [0, 0.1) is 0 Å². The van der Waals surface area contributed by atoms with Crippen LogP contribution in [0.3, 0.4) is 0 Å². The quantitative estimate of drug-likeness (QED) is 0.846. The molecule has 6 nitrogen and oxygen atoms in total. The van der Waals surface area contributed by atoms with E-state index in [1.807, 2.05) is 13.2 Å². The van der Waals surface area contributed by atoms with E-state index in [1.54, 1.807) is 4.68 Å². The van der Waals surface area contributed by atoms with Gasteiger partial charge in [-0.15, -0.1) is 10.2 Å². The third-order valence-corrected chi connectivity index (χ3v) is 3.96. The fourth-order valence-electron chi connectivity index (χ4n) is 2.12. The van der Waals surface area contributed by atoms with E-state index in [0.29, 0.717) is 5.92 Å². The van der Waals surface area contributed by atoms with Gasteiger partial charge in [-0.1, -0.05) is 30.5 Å². The van der Waals surface area contributed by atoms with Gasteiger partial charge < -0.3 is 5.32 Å². The molecule has 0 radical (unpaired) electrons. The lowest BCUT2D eigenvalue weighted by molar-refractivity contribution is 0.524. The van der Waals surface area contributed by atoms with Crippen molar-refractivity contribution < 1.29 is 0 Å². The van der Waals surface area contributed by atoms with Crippen molar-refractivity contribution in [2.75, 3.05) is 6.54 Å². The first-order valence-corrected chi connectivity index (χ1v) is 7.79. The molecule has 2 heterocycles. The molecule has 0 aliphatic carbocycles. The van der Waals surface area contributed by atoms with Crippen LogP contribution in [0.1, 0.15) is 55.4 Å². The minimum atomic E-state index is 0.212. The molecule has 0 bridgehead atoms. The van der Waals surface area contributed by atoms with Crippen molar-refractivity contribution in [3.63, 3.8) is 0 Å². The van der Waals surface area contributed by atoms with E-state index in [0.717, 1.165) is 30.8 Å². The van der Waals surface area contributed by atoms with Crippen LogP contribution in [-0.2, 0) is 13.5 Å². The fourth-order valence-corrected chi connectivity index (χ4v) is 3.00. The van der Waals surface area contributed by atoms with Crippen molar-refractivity contribution in [2.24, 2.45) is 7.05 Å². The van der Waals surface area contributed by atoms with E-state index in [2.05, 4.69) is 46.0 Å². The minimum Gasteiger partial charge on any atom is -0.309 e. The van der Waals surface area contributed by atoms with E-state index in [1.165, 1.54) is 16.4 Å². The summed E-state index contributed by atoms with van der Waals surface area (Å²) >= 11 is 1.48. The Kier molecular flexibility index (Phi) is 5.19. The number of hydrogen-bond acceptors (Lipinski definition) is 6. The minimum absolute atomic E-state index is 0.212. The van der Waals surface area contributed by atoms with Gasteiger partial charge in [-0.05, 0) is 30.4 Å². The van der Waals surface area contributed by atoms with Crippen molar-refractivity contribution in [2.45, 2.75) is 45.6 Å². The summed E-state index contributed by atoms with van der Waals surface area (Å²) in [5.41, 5.74) is 2.08. The van der Waals surface area contributed by atoms with Crippen molar-refractivity contribution in [3.8, 4) is 0 Å². The van der Waals surface area contributed by atoms with Crippen molar-refractivity contribution >= 4 is 11.5 Å². The van der Waals surface area contributed by atoms with E-state index in [9.17, 15) is 0 Å². The van der Waals surface area contributed by atoms with Crippen LogP contribution in [0.4, 0.5) is 0 Å². The highest BCUT2D eigenvalue weighted by Crippen LogP contribution is 2.28. The fraction of sp³-hybridized carbons (Fsp3) is 0.692. The van der Waals surface area contributed by atoms with Gasteiger partial charge >= 0.3 is 0 Å². The average molecular weight is 294 g/mol. The first-order chi connectivity index (χ1) is 9.61. The molecule has 7 heteroatoms. The Hall–Kier alpha value is -1.34. The standard InChI is InChI=1S/C13H22N6S/c1-5-6-14-11(7-10-8-19(4)17-15-10)13-12(9(2)3)16-18-20-13/h8-9,11,14H,5-7H2,1-4H3. The van der Waals surface area contributed by atoms with Crippen molar-refractivity contribution in [1.82, 2.24) is 29.9 Å². The lowest BCUT2D eigenvalue weighted by atomic mass is 10.0. The molecular formula is C13H22N6S. The van der Waals surface area contributed by atoms with Gasteiger partial charge in [0.1, 0.15) is 0 Å². The summed E-state index contributed by atoms with van der Waals surface area (Å²) in [4.78, 5) is 1.22. The smallest absolute Gasteiger partial charge is 0.0846 e. The Balaban J connectivity index is 2.20. The molecule has 0 aromatic carbocycles. The molecule has 1 atom stereocenters. The van der Waals surface area contributed by atoms with Gasteiger partial charge in [0.15, 0.2) is 0 Å². The Labute approximate surface area is 123 Å². The Morgan fingerprint density at radius 1 is 1.35 bits per heavy atom. The Morgan fingerprint density at radius 3 is 2.75 bits per heavy atom. The SMILES string of the molecule is CCCNC(Cc1cn(C)nn1)c1snnc1C(C)C. The monoisotopic (exact) mass is 294 g/mol. The van der Waals surface area contributed by atoms with Crippen LogP contribution >= 0.6 is 11.5 Å². The van der Waals surface area contributed by atoms with E-state index in [-0.39, 0.29) is 6.04 Å². The summed E-state index contributed by atoms with van der Waals surface area (Å²) in [6.07, 6.45) is 3.88. The van der Waals surface area contributed by atoms with Gasteiger partial charge in [0.25, 0.3) is 0 Å². The molecule has 0 saturated carbocycles. The van der Waals surface area contributed by atoms with Crippen LogP contribution in [0.2, 0.25) is 0 Å². The first-order valence-electron chi connectivity index (χ1n) is 7.02. The highest BCUT2D eigenvalue weighted by molar-refractivity contribution is 7.05. The van der Waals surface area contributed by atoms with Crippen LogP contribution in [0.25, 0.3) is 0 Å². The second-order valence-electron chi connectivity index (χ2n) is 5.27. The second-order valence-corrected chi connectivity index (χ2v) is 6.06. The molecule has 0 fully saturated rings. The average Bonchev–Trinajstić information content (AvgIpc) is 3.03. The summed E-state index contributed by atoms with van der Waals surface area (Å²) in [6.45, 7) is 7.44. The highest BCUT2D eigenvalue weighted by Gasteiger charge is 2.22. The third kappa shape index (κ3) is 3.61. The van der Waals surface area contributed by atoms with Crippen molar-refractivity contribution in [1.29, 1.82) is 0 Å². The first kappa shape index (κ1) is 15.1. The Morgan fingerprint density at radius 2 is 2.15 bits per heavy atom. The second kappa shape index (κ2) is 6.90. The molecule has 0 aliphatic heterocycles. The molecule has 2 aromatic rings. The van der Waals surface area contributed by atoms with Gasteiger partial charge in [-0.3, -0.25) is 4.68 Å². The maximum absolute atomic E-state index is 4.28. The molecule has 110 valence electrons. The summed E-state index contributed by atoms with van der Waals surface area (Å²) < 4.78 is 5.87. The van der Waals surface area contributed by atoms with Gasteiger partial charge in [0, 0.05) is 19.7 Å². The largest absolute Gasteiger partial charge is 0.309 e. The molecule has 2 rings (SSSR count). The number of nitrogens with one attached hydrogen (secondary N) is 1. The maximum atomic E-state index is 4.28. The molecular weight excluding hydrogens is 272 g/mol. The molecule has 0 amide bonds. The highest BCUT2D eigenvalue weighted by atomic mass is 32.1. The zero-order valence-corrected chi connectivity index (χ0v) is 13.3. The van der Waals surface area contributed by atoms with Crippen LogP contribution in [0.5, 0.6) is 0 Å². The molecule has 0 spiro atoms. The summed E-state index contributed by atoms with van der Waals surface area (Å²) in [7, 11) is 1.89. The van der Waals surface area contributed by atoms with Crippen LogP contribution in [0.15, 0.2) is 6.20 Å². The van der Waals surface area contributed by atoms with E-state index >= 15 is 0 Å². The van der Waals surface area contributed by atoms with Gasteiger partial charge in [-0.25, -0.2) is 0 Å². The van der Waals surface area contributed by atoms with Crippen LogP contribution in [-0.4, -0.2) is 31.1 Å². The van der Waals surface area contributed by atoms with Crippen molar-refractivity contribution in [3.05, 3.63) is 22.5 Å². The lowest BCUT2D eigenvalue weighted by Crippen LogP contribution is -2.24. The van der Waals surface area contributed by atoms with Gasteiger partial charge in [0.05, 0.1) is 22.3 Å². The van der Waals surface area contributed by atoms with Gasteiger partial charge in [-0.2, -0.15) is 0 Å². The number of aromatic nitrogens is 5. The molecule has 1 N–H and O–H groups in total. The number of hydrogen-bond donors (Lipinski definition) is 1. The number of nitrogens with zero attached hydrogens (tertiary/aromatic N) is 5. The topological polar surface area (TPSA) is 68.5 Å². The molecule has 2 aromatic heterocycles. The maximum Gasteiger partial charge on any atom is 0.0846 e. The molecule has 1 unspecified atom stereocenters. The summed E-state index contributed by atoms with van der Waals surface area (Å²) in [6, 6.07) is 0.212. The van der Waals surface area contributed by atoms with E-state index in [4.69, 9.17) is 0 Å². The predicted octanol–water partition coefficient (Wildman–Crippen LogP) is 2.07. The molecule has 0 aliphatic rings. The van der Waals surface area contributed by atoms with Gasteiger partial charge in [0.2, 0.25) is 0 Å². The van der Waals surface area contributed by atoms with E-state index < -0.39 is 0 Å². The Bertz CT molecular complexity index is 532. The summed E-state index contributed by atoms with van der Waals surface area (Å²) in [5.74, 6) is 0.386. The zero-order valence-electron chi connectivity index (χ0n) is 12.5. The van der Waals surface area contributed by atoms with Crippen LogP contribution < -0.4 is 5.32 Å².